The van der Waals surface area contributed by atoms with E-state index in [2.05, 4.69) is 16.5 Å². The van der Waals surface area contributed by atoms with Crippen LogP contribution in [0.2, 0.25) is 0 Å². The topological polar surface area (TPSA) is 102 Å². The predicted octanol–water partition coefficient (Wildman–Crippen LogP) is 1.69. The maximum Gasteiger partial charge on any atom is 0.417 e. The van der Waals surface area contributed by atoms with Crippen molar-refractivity contribution in [3.63, 3.8) is 0 Å². The molecule has 0 saturated heterocycles. The number of benzene rings is 1. The third-order valence-electron chi connectivity index (χ3n) is 5.73. The number of fused-ring (bicyclic) bond motifs is 1. The number of aldehydes is 1. The van der Waals surface area contributed by atoms with Gasteiger partial charge in [0.15, 0.2) is 6.29 Å². The molecule has 0 aliphatic carbocycles. The first-order valence-electron chi connectivity index (χ1n) is 12.7. The van der Waals surface area contributed by atoms with Gasteiger partial charge >= 0.3 is 11.9 Å². The maximum atomic E-state index is 13.1. The van der Waals surface area contributed by atoms with Crippen molar-refractivity contribution >= 4 is 35.0 Å². The first kappa shape index (κ1) is 31.0. The molecule has 0 unspecified atom stereocenters. The summed E-state index contributed by atoms with van der Waals surface area (Å²) in [5.74, 6) is 0.588. The lowest BCUT2D eigenvalue weighted by Crippen LogP contribution is -3.00. The number of aromatic nitrogens is 4. The van der Waals surface area contributed by atoms with Crippen LogP contribution >= 0.6 is 0 Å². The highest BCUT2D eigenvalue weighted by atomic mass is 35.5. The van der Waals surface area contributed by atoms with Crippen LogP contribution in [0.4, 0.5) is 16.4 Å². The van der Waals surface area contributed by atoms with Gasteiger partial charge in [-0.15, -0.1) is 6.58 Å². The first-order valence-corrected chi connectivity index (χ1v) is 12.7. The standard InChI is InChI=1S/C30H33N6O4.ClH/c1-7-15-36(29(38)40-30(2,3)4)28-32-25-24(27(33-28)39-20-21-11-9-8-10-12-21)18-22(19-37)26(31-25)35-16-13-23(14-17-35)34(5)6;/h7-14,16-19H,1,15,20H2,2-6H3;1H/q+1;/p-1. The van der Waals surface area contributed by atoms with Crippen molar-refractivity contribution in [2.75, 3.05) is 30.4 Å². The number of rotatable bonds is 9. The highest BCUT2D eigenvalue weighted by Gasteiger charge is 2.28. The normalized spacial score (nSPS) is 10.9. The molecular formula is C30H33ClN6O4. The molecule has 0 N–H and O–H groups in total. The van der Waals surface area contributed by atoms with Crippen LogP contribution in [0, 0.1) is 0 Å². The van der Waals surface area contributed by atoms with Gasteiger partial charge in [-0.2, -0.15) is 9.97 Å². The van der Waals surface area contributed by atoms with E-state index in [1.54, 1.807) is 37.5 Å². The van der Waals surface area contributed by atoms with Gasteiger partial charge in [-0.3, -0.25) is 4.79 Å². The maximum absolute atomic E-state index is 13.1. The molecule has 0 radical (unpaired) electrons. The third-order valence-corrected chi connectivity index (χ3v) is 5.73. The van der Waals surface area contributed by atoms with Crippen molar-refractivity contribution in [2.24, 2.45) is 0 Å². The molecule has 0 spiro atoms. The van der Waals surface area contributed by atoms with Gasteiger partial charge in [0.25, 0.3) is 5.65 Å². The van der Waals surface area contributed by atoms with E-state index in [9.17, 15) is 9.59 Å². The Hall–Kier alpha value is -4.57. The molecule has 10 nitrogen and oxygen atoms in total. The highest BCUT2D eigenvalue weighted by Crippen LogP contribution is 2.28. The first-order chi connectivity index (χ1) is 19.1. The molecular weight excluding hydrogens is 544 g/mol. The van der Waals surface area contributed by atoms with Crippen LogP contribution in [0.25, 0.3) is 16.9 Å². The fourth-order valence-electron chi connectivity index (χ4n) is 3.82. The molecule has 0 bridgehead atoms. The minimum Gasteiger partial charge on any atom is -1.00 e. The summed E-state index contributed by atoms with van der Waals surface area (Å²) in [5.41, 5.74) is 1.74. The van der Waals surface area contributed by atoms with Gasteiger partial charge in [0.2, 0.25) is 11.8 Å². The third kappa shape index (κ3) is 7.55. The van der Waals surface area contributed by atoms with E-state index in [1.165, 1.54) is 4.90 Å². The van der Waals surface area contributed by atoms with Gasteiger partial charge < -0.3 is 26.8 Å². The predicted molar refractivity (Wildman–Crippen MR) is 153 cm³/mol. The van der Waals surface area contributed by atoms with Crippen LogP contribution in [0.3, 0.4) is 0 Å². The van der Waals surface area contributed by atoms with E-state index in [0.717, 1.165) is 17.5 Å². The summed E-state index contributed by atoms with van der Waals surface area (Å²) in [6.45, 7) is 9.40. The number of halogens is 1. The summed E-state index contributed by atoms with van der Waals surface area (Å²) in [7, 11) is 3.89. The number of anilines is 2. The average Bonchev–Trinajstić information content (AvgIpc) is 2.93. The zero-order valence-corrected chi connectivity index (χ0v) is 24.5. The van der Waals surface area contributed by atoms with Gasteiger partial charge in [-0.1, -0.05) is 36.4 Å². The number of carbonyl (C=O) groups excluding carboxylic acids is 2. The summed E-state index contributed by atoms with van der Waals surface area (Å²) < 4.78 is 13.4. The molecule has 1 amide bonds. The molecule has 214 valence electrons. The van der Waals surface area contributed by atoms with Crippen LogP contribution < -0.4 is 31.5 Å². The molecule has 0 aliphatic heterocycles. The minimum atomic E-state index is -0.736. The van der Waals surface area contributed by atoms with Crippen LogP contribution in [0.1, 0.15) is 36.7 Å². The quantitative estimate of drug-likeness (QED) is 0.169. The smallest absolute Gasteiger partial charge is 0.417 e. The Bertz CT molecular complexity index is 1520. The number of hydrogen-bond acceptors (Lipinski definition) is 8. The molecule has 1 aromatic carbocycles. The summed E-state index contributed by atoms with van der Waals surface area (Å²) >= 11 is 0. The van der Waals surface area contributed by atoms with Crippen LogP contribution in [0.15, 0.2) is 73.6 Å². The molecule has 4 rings (SSSR count). The number of pyridine rings is 2. The monoisotopic (exact) mass is 576 g/mol. The van der Waals surface area contributed by atoms with Crippen LogP contribution in [-0.4, -0.2) is 53.6 Å². The van der Waals surface area contributed by atoms with Crippen LogP contribution in [0.5, 0.6) is 5.88 Å². The Morgan fingerprint density at radius 3 is 2.32 bits per heavy atom. The number of nitrogens with zero attached hydrogens (tertiary/aromatic N) is 6. The van der Waals surface area contributed by atoms with Gasteiger partial charge in [-0.05, 0) is 37.4 Å². The Morgan fingerprint density at radius 2 is 1.73 bits per heavy atom. The second-order valence-corrected chi connectivity index (χ2v) is 10.2. The Labute approximate surface area is 245 Å². The average molecular weight is 577 g/mol. The molecule has 11 heteroatoms. The SMILES string of the molecule is C=CCN(C(=O)OC(C)(C)C)c1nc(OCc2ccccc2)c2cc(C=O)c(-[n+]3ccc(N(C)C)cc3)nc2n1.[Cl-]. The lowest BCUT2D eigenvalue weighted by molar-refractivity contribution is -0.599. The molecule has 3 heterocycles. The zero-order valence-electron chi connectivity index (χ0n) is 23.7. The Balaban J connectivity index is 0.00000462. The van der Waals surface area contributed by atoms with Crippen molar-refractivity contribution in [3.05, 3.63) is 84.7 Å². The summed E-state index contributed by atoms with van der Waals surface area (Å²) in [5, 5.41) is 0.429. The number of hydrogen-bond donors (Lipinski definition) is 0. The Kier molecular flexibility index (Phi) is 9.96. The number of carbonyl (C=O) groups is 2. The fraction of sp³-hybridized carbons (Fsp3) is 0.267. The Morgan fingerprint density at radius 1 is 1.05 bits per heavy atom. The van der Waals surface area contributed by atoms with E-state index >= 15 is 0 Å². The molecule has 0 atom stereocenters. The van der Waals surface area contributed by atoms with Crippen molar-refractivity contribution < 1.29 is 36.0 Å². The van der Waals surface area contributed by atoms with E-state index in [1.807, 2.05) is 73.9 Å². The number of amides is 1. The van der Waals surface area contributed by atoms with Crippen molar-refractivity contribution in [3.8, 4) is 11.7 Å². The summed E-state index contributed by atoms with van der Waals surface area (Å²) in [6, 6.07) is 15.1. The molecule has 0 aliphatic rings. The summed E-state index contributed by atoms with van der Waals surface area (Å²) in [4.78, 5) is 42.4. The summed E-state index contributed by atoms with van der Waals surface area (Å²) in [6.07, 6.45) is 5.28. The van der Waals surface area contributed by atoms with Crippen molar-refractivity contribution in [1.29, 1.82) is 0 Å². The number of ether oxygens (including phenoxy) is 2. The van der Waals surface area contributed by atoms with Gasteiger partial charge in [0.05, 0.1) is 18.9 Å². The molecule has 41 heavy (non-hydrogen) atoms. The minimum absolute atomic E-state index is 0. The van der Waals surface area contributed by atoms with Gasteiger partial charge in [0.1, 0.15) is 23.2 Å². The van der Waals surface area contributed by atoms with Gasteiger partial charge in [-0.25, -0.2) is 14.3 Å². The van der Waals surface area contributed by atoms with Crippen LogP contribution in [-0.2, 0) is 11.3 Å². The molecule has 4 aromatic rings. The molecule has 0 fully saturated rings. The fourth-order valence-corrected chi connectivity index (χ4v) is 3.82. The lowest BCUT2D eigenvalue weighted by atomic mass is 10.2. The van der Waals surface area contributed by atoms with Crippen molar-refractivity contribution in [2.45, 2.75) is 33.0 Å². The highest BCUT2D eigenvalue weighted by molar-refractivity contribution is 5.92. The largest absolute Gasteiger partial charge is 1.00 e. The van der Waals surface area contributed by atoms with E-state index in [-0.39, 0.29) is 43.0 Å². The molecule has 3 aromatic heterocycles. The zero-order chi connectivity index (χ0) is 28.9. The van der Waals surface area contributed by atoms with Gasteiger partial charge in [0, 0.05) is 31.9 Å². The molecule has 0 saturated carbocycles. The second kappa shape index (κ2) is 13.2. The second-order valence-electron chi connectivity index (χ2n) is 10.2. The lowest BCUT2D eigenvalue weighted by Gasteiger charge is -2.25. The van der Waals surface area contributed by atoms with E-state index < -0.39 is 11.7 Å². The van der Waals surface area contributed by atoms with E-state index in [0.29, 0.717) is 16.8 Å². The van der Waals surface area contributed by atoms with E-state index in [4.69, 9.17) is 14.5 Å². The van der Waals surface area contributed by atoms with Crippen molar-refractivity contribution in [1.82, 2.24) is 15.0 Å².